The first-order valence-corrected chi connectivity index (χ1v) is 4.36. The summed E-state index contributed by atoms with van der Waals surface area (Å²) in [6, 6.07) is 0. The number of hydrogen-bond donors (Lipinski definition) is 2. The van der Waals surface area contributed by atoms with Gasteiger partial charge in [-0.25, -0.2) is 0 Å². The van der Waals surface area contributed by atoms with Gasteiger partial charge in [-0.3, -0.25) is 10.2 Å². The summed E-state index contributed by atoms with van der Waals surface area (Å²) in [5.41, 5.74) is 0. The number of carbonyl (C=O) groups excluding carboxylic acids is 1. The third-order valence-corrected chi connectivity index (χ3v) is 2.42. The lowest BCUT2D eigenvalue weighted by atomic mass is 9.97. The van der Waals surface area contributed by atoms with Gasteiger partial charge in [0.05, 0.1) is 11.8 Å². The molecule has 0 aromatic carbocycles. The largest absolute Gasteiger partial charge is 0.373 e. The van der Waals surface area contributed by atoms with Crippen LogP contribution in [0.2, 0.25) is 0 Å². The Bertz CT molecular complexity index is 209. The van der Waals surface area contributed by atoms with Crippen molar-refractivity contribution >= 4 is 11.8 Å². The van der Waals surface area contributed by atoms with E-state index in [9.17, 15) is 4.79 Å². The SMILES string of the molecule is CC(=N)N1CCC(C(=O)ON)CC1. The molecular formula is C8H15N3O2. The standard InChI is InChI=1S/C8H15N3O2/c1-6(9)11-4-2-7(3-5-11)8(12)13-10/h7,9H,2-5,10H2,1H3. The molecule has 1 saturated heterocycles. The first kappa shape index (κ1) is 9.98. The van der Waals surface area contributed by atoms with Crippen molar-refractivity contribution < 1.29 is 9.63 Å². The summed E-state index contributed by atoms with van der Waals surface area (Å²) in [5, 5.41) is 7.39. The fourth-order valence-corrected chi connectivity index (χ4v) is 1.55. The maximum absolute atomic E-state index is 11.0. The Labute approximate surface area is 77.3 Å². The van der Waals surface area contributed by atoms with Crippen LogP contribution in [-0.2, 0) is 9.63 Å². The van der Waals surface area contributed by atoms with Crippen LogP contribution in [0.5, 0.6) is 0 Å². The lowest BCUT2D eigenvalue weighted by molar-refractivity contribution is -0.150. The number of nitrogens with two attached hydrogens (primary N) is 1. The minimum atomic E-state index is -0.331. The molecule has 13 heavy (non-hydrogen) atoms. The third kappa shape index (κ3) is 2.42. The van der Waals surface area contributed by atoms with Crippen LogP contribution in [0, 0.1) is 11.3 Å². The van der Waals surface area contributed by atoms with E-state index in [0.717, 1.165) is 25.9 Å². The van der Waals surface area contributed by atoms with Crippen LogP contribution in [0.25, 0.3) is 0 Å². The van der Waals surface area contributed by atoms with Crippen LogP contribution in [0.4, 0.5) is 0 Å². The van der Waals surface area contributed by atoms with Crippen LogP contribution in [0.1, 0.15) is 19.8 Å². The molecule has 0 aromatic heterocycles. The molecular weight excluding hydrogens is 170 g/mol. The summed E-state index contributed by atoms with van der Waals surface area (Å²) in [5.74, 6) is 4.93. The van der Waals surface area contributed by atoms with E-state index < -0.39 is 0 Å². The minimum Gasteiger partial charge on any atom is -0.373 e. The van der Waals surface area contributed by atoms with Crippen LogP contribution < -0.4 is 5.90 Å². The van der Waals surface area contributed by atoms with E-state index in [4.69, 9.17) is 11.3 Å². The van der Waals surface area contributed by atoms with Crippen LogP contribution >= 0.6 is 0 Å². The highest BCUT2D eigenvalue weighted by Crippen LogP contribution is 2.17. The number of likely N-dealkylation sites (tertiary alicyclic amines) is 1. The third-order valence-electron chi connectivity index (χ3n) is 2.42. The molecule has 0 radical (unpaired) electrons. The fraction of sp³-hybridized carbons (Fsp3) is 0.750. The smallest absolute Gasteiger partial charge is 0.327 e. The molecule has 5 nitrogen and oxygen atoms in total. The lowest BCUT2D eigenvalue weighted by Crippen LogP contribution is -2.39. The summed E-state index contributed by atoms with van der Waals surface area (Å²) < 4.78 is 0. The second-order valence-corrected chi connectivity index (χ2v) is 3.28. The summed E-state index contributed by atoms with van der Waals surface area (Å²) in [4.78, 5) is 17.1. The van der Waals surface area contributed by atoms with Crippen molar-refractivity contribution in [1.29, 1.82) is 5.41 Å². The second-order valence-electron chi connectivity index (χ2n) is 3.28. The highest BCUT2D eigenvalue weighted by Gasteiger charge is 2.25. The van der Waals surface area contributed by atoms with Crippen LogP contribution in [0.15, 0.2) is 0 Å². The Morgan fingerprint density at radius 3 is 2.46 bits per heavy atom. The predicted octanol–water partition coefficient (Wildman–Crippen LogP) is 0.112. The van der Waals surface area contributed by atoms with Gasteiger partial charge >= 0.3 is 5.97 Å². The van der Waals surface area contributed by atoms with Crippen molar-refractivity contribution in [2.45, 2.75) is 19.8 Å². The zero-order chi connectivity index (χ0) is 9.84. The van der Waals surface area contributed by atoms with Gasteiger partial charge in [0.15, 0.2) is 0 Å². The van der Waals surface area contributed by atoms with E-state index in [-0.39, 0.29) is 11.9 Å². The molecule has 0 atom stereocenters. The molecule has 0 unspecified atom stereocenters. The molecule has 0 aromatic rings. The molecule has 1 rings (SSSR count). The van der Waals surface area contributed by atoms with Gasteiger partial charge < -0.3 is 9.74 Å². The van der Waals surface area contributed by atoms with Gasteiger partial charge in [-0.2, -0.15) is 5.90 Å². The molecule has 5 heteroatoms. The van der Waals surface area contributed by atoms with E-state index in [1.807, 2.05) is 4.90 Å². The normalized spacial score (nSPS) is 18.5. The first-order valence-electron chi connectivity index (χ1n) is 4.36. The van der Waals surface area contributed by atoms with Crippen molar-refractivity contribution in [3.63, 3.8) is 0 Å². The van der Waals surface area contributed by atoms with Crippen molar-refractivity contribution in [1.82, 2.24) is 4.90 Å². The van der Waals surface area contributed by atoms with Crippen molar-refractivity contribution in [2.24, 2.45) is 11.8 Å². The summed E-state index contributed by atoms with van der Waals surface area (Å²) in [7, 11) is 0. The molecule has 0 bridgehead atoms. The summed E-state index contributed by atoms with van der Waals surface area (Å²) in [6.45, 7) is 3.24. The molecule has 0 spiro atoms. The second kappa shape index (κ2) is 4.23. The zero-order valence-corrected chi connectivity index (χ0v) is 7.75. The molecule has 0 aliphatic carbocycles. The van der Waals surface area contributed by atoms with Gasteiger partial charge in [-0.15, -0.1) is 0 Å². The number of nitrogens with zero attached hydrogens (tertiary/aromatic N) is 1. The molecule has 0 saturated carbocycles. The number of carbonyl (C=O) groups is 1. The number of hydrogen-bond acceptors (Lipinski definition) is 4. The van der Waals surface area contributed by atoms with Gasteiger partial charge in [0.25, 0.3) is 0 Å². The topological polar surface area (TPSA) is 79.4 Å². The van der Waals surface area contributed by atoms with E-state index in [0.29, 0.717) is 5.84 Å². The van der Waals surface area contributed by atoms with Crippen molar-refractivity contribution in [3.05, 3.63) is 0 Å². The van der Waals surface area contributed by atoms with Crippen molar-refractivity contribution in [2.75, 3.05) is 13.1 Å². The quantitative estimate of drug-likeness (QED) is 0.345. The van der Waals surface area contributed by atoms with Gasteiger partial charge in [0, 0.05) is 13.1 Å². The van der Waals surface area contributed by atoms with E-state index in [1.165, 1.54) is 0 Å². The Kier molecular flexibility index (Phi) is 3.25. The average Bonchev–Trinajstić information content (AvgIpc) is 2.17. The predicted molar refractivity (Wildman–Crippen MR) is 48.0 cm³/mol. The van der Waals surface area contributed by atoms with Crippen LogP contribution in [-0.4, -0.2) is 29.8 Å². The Morgan fingerprint density at radius 2 is 2.08 bits per heavy atom. The van der Waals surface area contributed by atoms with Crippen LogP contribution in [0.3, 0.4) is 0 Å². The number of rotatable bonds is 1. The van der Waals surface area contributed by atoms with Gasteiger partial charge in [-0.1, -0.05) is 0 Å². The molecule has 1 aliphatic heterocycles. The Hall–Kier alpha value is -1.10. The monoisotopic (exact) mass is 185 g/mol. The fourth-order valence-electron chi connectivity index (χ4n) is 1.55. The number of amidine groups is 1. The Balaban J connectivity index is 2.39. The molecule has 1 aliphatic rings. The van der Waals surface area contributed by atoms with Gasteiger partial charge in [-0.05, 0) is 19.8 Å². The molecule has 1 fully saturated rings. The minimum absolute atomic E-state index is 0.0828. The summed E-state index contributed by atoms with van der Waals surface area (Å²) in [6.07, 6.45) is 1.46. The number of nitrogens with one attached hydrogen (secondary N) is 1. The lowest BCUT2D eigenvalue weighted by Gasteiger charge is -2.31. The maximum atomic E-state index is 11.0. The maximum Gasteiger partial charge on any atom is 0.327 e. The molecule has 74 valence electrons. The average molecular weight is 185 g/mol. The molecule has 3 N–H and O–H groups in total. The highest BCUT2D eigenvalue weighted by molar-refractivity contribution is 5.77. The van der Waals surface area contributed by atoms with Gasteiger partial charge in [0.2, 0.25) is 0 Å². The highest BCUT2D eigenvalue weighted by atomic mass is 16.7. The molecule has 1 heterocycles. The van der Waals surface area contributed by atoms with E-state index >= 15 is 0 Å². The summed E-state index contributed by atoms with van der Waals surface area (Å²) >= 11 is 0. The zero-order valence-electron chi connectivity index (χ0n) is 7.75. The van der Waals surface area contributed by atoms with Gasteiger partial charge in [0.1, 0.15) is 0 Å². The number of piperidine rings is 1. The molecule has 0 amide bonds. The van der Waals surface area contributed by atoms with E-state index in [1.54, 1.807) is 6.92 Å². The Morgan fingerprint density at radius 1 is 1.54 bits per heavy atom. The van der Waals surface area contributed by atoms with E-state index in [2.05, 4.69) is 4.84 Å². The van der Waals surface area contributed by atoms with Crippen molar-refractivity contribution in [3.8, 4) is 0 Å². The first-order chi connectivity index (χ1) is 6.15.